The molecule has 1 saturated carbocycles. The van der Waals surface area contributed by atoms with E-state index in [4.69, 9.17) is 12.2 Å². The second-order valence-electron chi connectivity index (χ2n) is 4.67. The zero-order valence-electron chi connectivity index (χ0n) is 9.63. The van der Waals surface area contributed by atoms with Gasteiger partial charge in [0.05, 0.1) is 0 Å². The molecule has 3 rings (SSSR count). The van der Waals surface area contributed by atoms with Crippen LogP contribution in [0.5, 0.6) is 0 Å². The lowest BCUT2D eigenvalue weighted by molar-refractivity contribution is 0.591. The number of aromatic amines is 1. The van der Waals surface area contributed by atoms with Gasteiger partial charge in [0.2, 0.25) is 0 Å². The number of nitrogens with zero attached hydrogens (tertiary/aromatic N) is 3. The second kappa shape index (κ2) is 4.07. The first-order valence-electron chi connectivity index (χ1n) is 5.81. The van der Waals surface area contributed by atoms with E-state index >= 15 is 0 Å². The van der Waals surface area contributed by atoms with Crippen molar-refractivity contribution in [2.75, 3.05) is 0 Å². The standard InChI is InChI=1S/C12H14N4S/c1-8-6-10(8)7-16-11(14-15-12(16)17)9-2-4-13-5-3-9/h2-5,8,10H,6-7H2,1H3,(H,15,17). The topological polar surface area (TPSA) is 46.5 Å². The summed E-state index contributed by atoms with van der Waals surface area (Å²) in [6.45, 7) is 3.24. The molecule has 1 N–H and O–H groups in total. The number of rotatable bonds is 3. The van der Waals surface area contributed by atoms with E-state index in [1.165, 1.54) is 6.42 Å². The molecule has 1 fully saturated rings. The van der Waals surface area contributed by atoms with Crippen LogP contribution in [0.4, 0.5) is 0 Å². The molecule has 2 aromatic heterocycles. The molecule has 2 atom stereocenters. The van der Waals surface area contributed by atoms with Gasteiger partial charge in [-0.2, -0.15) is 5.10 Å². The lowest BCUT2D eigenvalue weighted by atomic mass is 10.2. The Bertz CT molecular complexity index is 572. The van der Waals surface area contributed by atoms with Crippen LogP contribution in [0, 0.1) is 16.6 Å². The maximum atomic E-state index is 5.29. The smallest absolute Gasteiger partial charge is 0.195 e. The molecule has 4 nitrogen and oxygen atoms in total. The molecule has 0 saturated heterocycles. The fourth-order valence-electron chi connectivity index (χ4n) is 2.10. The third-order valence-electron chi connectivity index (χ3n) is 3.39. The van der Waals surface area contributed by atoms with Gasteiger partial charge in [-0.1, -0.05) is 6.92 Å². The first-order chi connectivity index (χ1) is 8.25. The monoisotopic (exact) mass is 246 g/mol. The molecule has 1 aliphatic carbocycles. The Kier molecular flexibility index (Phi) is 2.55. The molecule has 0 aliphatic heterocycles. The average molecular weight is 246 g/mol. The van der Waals surface area contributed by atoms with E-state index in [2.05, 4.69) is 26.7 Å². The molecule has 0 aromatic carbocycles. The number of hydrogen-bond acceptors (Lipinski definition) is 3. The van der Waals surface area contributed by atoms with Gasteiger partial charge in [0.25, 0.3) is 0 Å². The summed E-state index contributed by atoms with van der Waals surface area (Å²) in [4.78, 5) is 4.02. The summed E-state index contributed by atoms with van der Waals surface area (Å²) in [5.41, 5.74) is 1.06. The van der Waals surface area contributed by atoms with Crippen molar-refractivity contribution in [1.82, 2.24) is 19.7 Å². The highest BCUT2D eigenvalue weighted by molar-refractivity contribution is 7.71. The van der Waals surface area contributed by atoms with Crippen LogP contribution >= 0.6 is 12.2 Å². The summed E-state index contributed by atoms with van der Waals surface area (Å²) in [5, 5.41) is 7.19. The quantitative estimate of drug-likeness (QED) is 0.847. The fourth-order valence-corrected chi connectivity index (χ4v) is 2.30. The van der Waals surface area contributed by atoms with Crippen molar-refractivity contribution in [3.05, 3.63) is 29.3 Å². The largest absolute Gasteiger partial charge is 0.300 e. The normalized spacial score (nSPS) is 22.6. The minimum atomic E-state index is 0.705. The van der Waals surface area contributed by atoms with Crippen LogP contribution in [-0.4, -0.2) is 19.7 Å². The van der Waals surface area contributed by atoms with E-state index in [-0.39, 0.29) is 0 Å². The fraction of sp³-hybridized carbons (Fsp3) is 0.417. The minimum Gasteiger partial charge on any atom is -0.300 e. The first kappa shape index (κ1) is 10.7. The molecule has 5 heteroatoms. The number of H-pyrrole nitrogens is 1. The van der Waals surface area contributed by atoms with E-state index in [1.807, 2.05) is 12.1 Å². The highest BCUT2D eigenvalue weighted by Gasteiger charge is 2.33. The van der Waals surface area contributed by atoms with Gasteiger partial charge in [-0.25, -0.2) is 0 Å². The van der Waals surface area contributed by atoms with E-state index in [9.17, 15) is 0 Å². The third kappa shape index (κ3) is 2.02. The average Bonchev–Trinajstić information content (AvgIpc) is 2.92. The number of pyridine rings is 1. The predicted molar refractivity (Wildman–Crippen MR) is 67.9 cm³/mol. The molecule has 0 radical (unpaired) electrons. The van der Waals surface area contributed by atoms with Gasteiger partial charge in [-0.05, 0) is 42.6 Å². The van der Waals surface area contributed by atoms with E-state index in [1.54, 1.807) is 12.4 Å². The van der Waals surface area contributed by atoms with Crippen LogP contribution in [0.1, 0.15) is 13.3 Å². The van der Waals surface area contributed by atoms with E-state index in [0.29, 0.717) is 4.77 Å². The van der Waals surface area contributed by atoms with Gasteiger partial charge in [0, 0.05) is 24.5 Å². The van der Waals surface area contributed by atoms with E-state index < -0.39 is 0 Å². The molecule has 2 aromatic rings. The van der Waals surface area contributed by atoms with Crippen molar-refractivity contribution in [3.63, 3.8) is 0 Å². The molecule has 0 amide bonds. The van der Waals surface area contributed by atoms with Gasteiger partial charge in [-0.3, -0.25) is 14.6 Å². The van der Waals surface area contributed by atoms with Crippen LogP contribution in [0.15, 0.2) is 24.5 Å². The Morgan fingerprint density at radius 1 is 1.47 bits per heavy atom. The molecule has 17 heavy (non-hydrogen) atoms. The Balaban J connectivity index is 1.97. The van der Waals surface area contributed by atoms with E-state index in [0.717, 1.165) is 29.8 Å². The van der Waals surface area contributed by atoms with Crippen LogP contribution < -0.4 is 0 Å². The number of aromatic nitrogens is 4. The zero-order chi connectivity index (χ0) is 11.8. The summed E-state index contributed by atoms with van der Waals surface area (Å²) in [6.07, 6.45) is 4.84. The lowest BCUT2D eigenvalue weighted by Crippen LogP contribution is -2.03. The summed E-state index contributed by atoms with van der Waals surface area (Å²) >= 11 is 5.29. The second-order valence-corrected chi connectivity index (χ2v) is 5.06. The molecular weight excluding hydrogens is 232 g/mol. The molecule has 2 unspecified atom stereocenters. The first-order valence-corrected chi connectivity index (χ1v) is 6.22. The maximum Gasteiger partial charge on any atom is 0.195 e. The van der Waals surface area contributed by atoms with Crippen molar-refractivity contribution < 1.29 is 0 Å². The Hall–Kier alpha value is -1.49. The van der Waals surface area contributed by atoms with Gasteiger partial charge in [0.1, 0.15) is 0 Å². The third-order valence-corrected chi connectivity index (χ3v) is 3.70. The zero-order valence-corrected chi connectivity index (χ0v) is 10.4. The Morgan fingerprint density at radius 3 is 2.82 bits per heavy atom. The highest BCUT2D eigenvalue weighted by Crippen LogP contribution is 2.39. The maximum absolute atomic E-state index is 5.29. The summed E-state index contributed by atoms with van der Waals surface area (Å²) in [5.74, 6) is 2.48. The summed E-state index contributed by atoms with van der Waals surface area (Å²) in [7, 11) is 0. The highest BCUT2D eigenvalue weighted by atomic mass is 32.1. The number of hydrogen-bond donors (Lipinski definition) is 1. The van der Waals surface area contributed by atoms with Crippen molar-refractivity contribution in [2.45, 2.75) is 19.9 Å². The summed E-state index contributed by atoms with van der Waals surface area (Å²) in [6, 6.07) is 3.91. The lowest BCUT2D eigenvalue weighted by Gasteiger charge is -2.05. The van der Waals surface area contributed by atoms with Crippen LogP contribution in [0.2, 0.25) is 0 Å². The molecule has 2 heterocycles. The van der Waals surface area contributed by atoms with Crippen LogP contribution in [0.25, 0.3) is 11.4 Å². The Labute approximate surface area is 105 Å². The van der Waals surface area contributed by atoms with Crippen molar-refractivity contribution in [2.24, 2.45) is 11.8 Å². The minimum absolute atomic E-state index is 0.705. The predicted octanol–water partition coefficient (Wildman–Crippen LogP) is 2.66. The molecule has 1 aliphatic rings. The van der Waals surface area contributed by atoms with Gasteiger partial charge in [-0.15, -0.1) is 0 Å². The van der Waals surface area contributed by atoms with Gasteiger partial charge in [0.15, 0.2) is 10.6 Å². The van der Waals surface area contributed by atoms with Crippen LogP contribution in [0.3, 0.4) is 0 Å². The van der Waals surface area contributed by atoms with Gasteiger partial charge < -0.3 is 0 Å². The van der Waals surface area contributed by atoms with Crippen molar-refractivity contribution in [1.29, 1.82) is 0 Å². The molecule has 0 bridgehead atoms. The molecular formula is C12H14N4S. The SMILES string of the molecule is CC1CC1Cn1c(-c2ccncc2)n[nH]c1=S. The van der Waals surface area contributed by atoms with Gasteiger partial charge >= 0.3 is 0 Å². The van der Waals surface area contributed by atoms with Crippen molar-refractivity contribution >= 4 is 12.2 Å². The summed E-state index contributed by atoms with van der Waals surface area (Å²) < 4.78 is 2.80. The van der Waals surface area contributed by atoms with Crippen molar-refractivity contribution in [3.8, 4) is 11.4 Å². The molecule has 88 valence electrons. The Morgan fingerprint density at radius 2 is 2.18 bits per heavy atom. The van der Waals surface area contributed by atoms with Crippen LogP contribution in [-0.2, 0) is 6.54 Å². The number of nitrogens with one attached hydrogen (secondary N) is 1. The molecule has 0 spiro atoms.